The van der Waals surface area contributed by atoms with Gasteiger partial charge in [-0.15, -0.1) is 0 Å². The van der Waals surface area contributed by atoms with Gasteiger partial charge in [-0.2, -0.15) is 4.31 Å². The molecule has 35 heavy (non-hydrogen) atoms. The fourth-order valence-corrected chi connectivity index (χ4v) is 6.31. The van der Waals surface area contributed by atoms with E-state index >= 15 is 0 Å². The number of carbonyl (C=O) groups is 3. The Bertz CT molecular complexity index is 1280. The van der Waals surface area contributed by atoms with E-state index in [1.807, 2.05) is 19.1 Å². The van der Waals surface area contributed by atoms with E-state index in [-0.39, 0.29) is 15.6 Å². The number of benzene rings is 2. The number of amides is 4. The van der Waals surface area contributed by atoms with Crippen LogP contribution in [0.5, 0.6) is 0 Å². The lowest BCUT2D eigenvalue weighted by molar-refractivity contribution is -0.133. The monoisotopic (exact) mass is 518 g/mol. The lowest BCUT2D eigenvalue weighted by Crippen LogP contribution is -2.42. The van der Waals surface area contributed by atoms with Crippen molar-refractivity contribution in [1.82, 2.24) is 14.5 Å². The summed E-state index contributed by atoms with van der Waals surface area (Å²) in [5, 5.41) is 5.29. The second-order valence-corrected chi connectivity index (χ2v) is 11.3. The maximum absolute atomic E-state index is 13.1. The van der Waals surface area contributed by atoms with Crippen molar-refractivity contribution in [3.8, 4) is 0 Å². The molecule has 2 N–H and O–H groups in total. The van der Waals surface area contributed by atoms with E-state index in [0.29, 0.717) is 18.7 Å². The molecule has 0 aromatic heterocycles. The third-order valence-corrected chi connectivity index (χ3v) is 8.73. The smallest absolute Gasteiger partial charge is 0.324 e. The van der Waals surface area contributed by atoms with Crippen molar-refractivity contribution in [2.24, 2.45) is 0 Å². The maximum Gasteiger partial charge on any atom is 0.325 e. The van der Waals surface area contributed by atoms with Crippen LogP contribution in [0.1, 0.15) is 37.3 Å². The van der Waals surface area contributed by atoms with Gasteiger partial charge in [0.2, 0.25) is 15.9 Å². The fourth-order valence-electron chi connectivity index (χ4n) is 4.29. The first-order valence-electron chi connectivity index (χ1n) is 11.3. The maximum atomic E-state index is 13.1. The Morgan fingerprint density at radius 2 is 1.74 bits per heavy atom. The lowest BCUT2D eigenvalue weighted by atomic mass is 9.91. The SMILES string of the molecule is Cc1ccc([C@@]2(C)NC(=O)N(CC(=O)Nc3ccc(Cl)c(S(=O)(=O)N4CCCCC4)c3)C2=O)cc1. The molecule has 2 aromatic carbocycles. The predicted octanol–water partition coefficient (Wildman–Crippen LogP) is 3.23. The van der Waals surface area contributed by atoms with Gasteiger partial charge in [0.15, 0.2) is 0 Å². The molecule has 4 amide bonds. The Kier molecular flexibility index (Phi) is 6.90. The van der Waals surface area contributed by atoms with Crippen LogP contribution in [0.15, 0.2) is 47.4 Å². The van der Waals surface area contributed by atoms with Crippen LogP contribution in [0.4, 0.5) is 10.5 Å². The molecule has 0 spiro atoms. The summed E-state index contributed by atoms with van der Waals surface area (Å²) in [5.74, 6) is -1.20. The number of piperidine rings is 1. The number of aryl methyl sites for hydroxylation is 1. The number of anilines is 1. The van der Waals surface area contributed by atoms with Gasteiger partial charge in [-0.25, -0.2) is 13.2 Å². The molecule has 2 fully saturated rings. The number of sulfonamides is 1. The zero-order chi connectivity index (χ0) is 25.4. The molecule has 2 aliphatic rings. The molecular weight excluding hydrogens is 492 g/mol. The van der Waals surface area contributed by atoms with Crippen molar-refractivity contribution in [3.05, 3.63) is 58.6 Å². The number of hydrogen-bond donors (Lipinski definition) is 2. The quantitative estimate of drug-likeness (QED) is 0.569. The van der Waals surface area contributed by atoms with Crippen LogP contribution in [0.25, 0.3) is 0 Å². The summed E-state index contributed by atoms with van der Waals surface area (Å²) < 4.78 is 27.5. The summed E-state index contributed by atoms with van der Waals surface area (Å²) in [6, 6.07) is 10.7. The van der Waals surface area contributed by atoms with E-state index in [0.717, 1.165) is 29.7 Å². The minimum atomic E-state index is -3.82. The highest BCUT2D eigenvalue weighted by atomic mass is 35.5. The van der Waals surface area contributed by atoms with Crippen LogP contribution in [0.3, 0.4) is 0 Å². The average Bonchev–Trinajstić information content (AvgIpc) is 3.05. The van der Waals surface area contributed by atoms with Gasteiger partial charge >= 0.3 is 6.03 Å². The Morgan fingerprint density at radius 1 is 1.09 bits per heavy atom. The third-order valence-electron chi connectivity index (χ3n) is 6.35. The first-order valence-corrected chi connectivity index (χ1v) is 13.1. The highest BCUT2D eigenvalue weighted by Gasteiger charge is 2.49. The first kappa shape index (κ1) is 25.2. The summed E-state index contributed by atoms with van der Waals surface area (Å²) in [4.78, 5) is 39.1. The van der Waals surface area contributed by atoms with Gasteiger partial charge < -0.3 is 10.6 Å². The van der Waals surface area contributed by atoms with Gasteiger partial charge in [0.1, 0.15) is 17.0 Å². The van der Waals surface area contributed by atoms with Crippen LogP contribution in [0.2, 0.25) is 5.02 Å². The third kappa shape index (κ3) is 4.91. The molecule has 0 aliphatic carbocycles. The molecule has 4 rings (SSSR count). The Balaban J connectivity index is 1.49. The highest BCUT2D eigenvalue weighted by Crippen LogP contribution is 2.31. The van der Waals surface area contributed by atoms with Crippen molar-refractivity contribution in [3.63, 3.8) is 0 Å². The Hall–Kier alpha value is -2.95. The fraction of sp³-hybridized carbons (Fsp3) is 0.375. The first-order chi connectivity index (χ1) is 16.5. The van der Waals surface area contributed by atoms with Crippen molar-refractivity contribution in [1.29, 1.82) is 0 Å². The van der Waals surface area contributed by atoms with E-state index in [1.165, 1.54) is 22.5 Å². The molecule has 2 aliphatic heterocycles. The minimum Gasteiger partial charge on any atom is -0.324 e. The second-order valence-electron chi connectivity index (χ2n) is 8.97. The van der Waals surface area contributed by atoms with Gasteiger partial charge in [0.05, 0.1) is 5.02 Å². The zero-order valence-electron chi connectivity index (χ0n) is 19.5. The Labute approximate surface area is 209 Å². The molecule has 0 radical (unpaired) electrons. The van der Waals surface area contributed by atoms with Crippen LogP contribution in [0, 0.1) is 6.92 Å². The molecule has 0 unspecified atom stereocenters. The van der Waals surface area contributed by atoms with Crippen molar-refractivity contribution in [2.45, 2.75) is 43.5 Å². The molecule has 0 bridgehead atoms. The van der Waals surface area contributed by atoms with E-state index in [9.17, 15) is 22.8 Å². The van der Waals surface area contributed by atoms with Crippen LogP contribution < -0.4 is 10.6 Å². The molecule has 0 saturated carbocycles. The number of urea groups is 1. The molecule has 2 aromatic rings. The number of nitrogens with zero attached hydrogens (tertiary/aromatic N) is 2. The van der Waals surface area contributed by atoms with E-state index in [2.05, 4.69) is 10.6 Å². The number of halogens is 1. The number of nitrogens with one attached hydrogen (secondary N) is 2. The van der Waals surface area contributed by atoms with E-state index in [1.54, 1.807) is 19.1 Å². The Morgan fingerprint density at radius 3 is 2.40 bits per heavy atom. The van der Waals surface area contributed by atoms with Crippen molar-refractivity contribution >= 4 is 45.2 Å². The molecule has 1 atom stereocenters. The molecular formula is C24H27ClN4O5S. The molecule has 9 nitrogen and oxygen atoms in total. The van der Waals surface area contributed by atoms with Crippen LogP contribution in [-0.2, 0) is 25.2 Å². The molecule has 11 heteroatoms. The lowest BCUT2D eigenvalue weighted by Gasteiger charge is -2.26. The molecule has 186 valence electrons. The summed E-state index contributed by atoms with van der Waals surface area (Å²) in [7, 11) is -3.82. The zero-order valence-corrected chi connectivity index (χ0v) is 21.1. The van der Waals surface area contributed by atoms with Gasteiger partial charge in [-0.3, -0.25) is 14.5 Å². The minimum absolute atomic E-state index is 0.0523. The molecule has 2 saturated heterocycles. The second kappa shape index (κ2) is 9.60. The van der Waals surface area contributed by atoms with Crippen LogP contribution in [-0.4, -0.2) is 55.1 Å². The summed E-state index contributed by atoms with van der Waals surface area (Å²) in [6.07, 6.45) is 2.53. The summed E-state index contributed by atoms with van der Waals surface area (Å²) in [5.41, 5.74) is 0.522. The van der Waals surface area contributed by atoms with Crippen molar-refractivity contribution < 1.29 is 22.8 Å². The standard InChI is InChI=1S/C24H27ClN4O5S/c1-16-6-8-17(9-7-16)24(2)22(31)29(23(32)27-24)15-21(30)26-18-10-11-19(25)20(14-18)35(33,34)28-12-4-3-5-13-28/h6-11,14H,3-5,12-13,15H2,1-2H3,(H,26,30)(H,27,32)/t24-/m1/s1. The summed E-state index contributed by atoms with van der Waals surface area (Å²) >= 11 is 6.19. The van der Waals surface area contributed by atoms with Gasteiger partial charge in [0.25, 0.3) is 5.91 Å². The number of imide groups is 1. The number of hydrogen-bond acceptors (Lipinski definition) is 5. The van der Waals surface area contributed by atoms with E-state index < -0.39 is 40.0 Å². The van der Waals surface area contributed by atoms with Crippen molar-refractivity contribution in [2.75, 3.05) is 25.0 Å². The highest BCUT2D eigenvalue weighted by molar-refractivity contribution is 7.89. The van der Waals surface area contributed by atoms with E-state index in [4.69, 9.17) is 11.6 Å². The summed E-state index contributed by atoms with van der Waals surface area (Å²) in [6.45, 7) is 3.82. The average molecular weight is 519 g/mol. The normalized spacial score (nSPS) is 21.2. The largest absolute Gasteiger partial charge is 0.325 e. The number of carbonyl (C=O) groups excluding carboxylic acids is 3. The van der Waals surface area contributed by atoms with Crippen LogP contribution >= 0.6 is 11.6 Å². The number of rotatable bonds is 6. The van der Waals surface area contributed by atoms with Gasteiger partial charge in [-0.05, 0) is 50.5 Å². The topological polar surface area (TPSA) is 116 Å². The van der Waals surface area contributed by atoms with Gasteiger partial charge in [0, 0.05) is 18.8 Å². The molecule has 2 heterocycles. The van der Waals surface area contributed by atoms with Gasteiger partial charge in [-0.1, -0.05) is 47.9 Å². The predicted molar refractivity (Wildman–Crippen MR) is 131 cm³/mol.